The highest BCUT2D eigenvalue weighted by molar-refractivity contribution is 5.76. The summed E-state index contributed by atoms with van der Waals surface area (Å²) >= 11 is 0. The molecule has 4 heteroatoms. The summed E-state index contributed by atoms with van der Waals surface area (Å²) in [5.41, 5.74) is -0.0164. The van der Waals surface area contributed by atoms with E-state index in [1.165, 1.54) is 12.8 Å². The van der Waals surface area contributed by atoms with Crippen LogP contribution in [-0.2, 0) is 9.53 Å². The molecule has 0 heterocycles. The molecular weight excluding hydrogens is 218 g/mol. The number of rotatable bonds is 7. The van der Waals surface area contributed by atoms with Crippen LogP contribution in [0.5, 0.6) is 0 Å². The zero-order valence-electron chi connectivity index (χ0n) is 11.2. The van der Waals surface area contributed by atoms with Gasteiger partial charge in [0.15, 0.2) is 0 Å². The zero-order chi connectivity index (χ0) is 12.9. The van der Waals surface area contributed by atoms with Crippen molar-refractivity contribution >= 4 is 5.91 Å². The van der Waals surface area contributed by atoms with Crippen LogP contribution in [0.2, 0.25) is 0 Å². The summed E-state index contributed by atoms with van der Waals surface area (Å²) in [7, 11) is 0. The molecule has 1 atom stereocenters. The summed E-state index contributed by atoms with van der Waals surface area (Å²) < 4.78 is 5.35. The molecular formula is C13H25NO3. The number of carbonyl (C=O) groups is 1. The highest BCUT2D eigenvalue weighted by Gasteiger charge is 2.21. The van der Waals surface area contributed by atoms with Crippen molar-refractivity contribution < 1.29 is 14.6 Å². The molecule has 4 nitrogen and oxygen atoms in total. The normalized spacial score (nSPS) is 17.9. The van der Waals surface area contributed by atoms with Crippen molar-refractivity contribution in [2.45, 2.75) is 46.1 Å². The molecule has 0 saturated heterocycles. The Morgan fingerprint density at radius 1 is 1.47 bits per heavy atom. The van der Waals surface area contributed by atoms with E-state index >= 15 is 0 Å². The third-order valence-corrected chi connectivity index (χ3v) is 2.59. The molecule has 1 fully saturated rings. The van der Waals surface area contributed by atoms with Crippen LogP contribution in [0.4, 0.5) is 0 Å². The highest BCUT2D eigenvalue weighted by atomic mass is 16.5. The largest absolute Gasteiger partial charge is 0.389 e. The molecule has 0 aromatic carbocycles. The Morgan fingerprint density at radius 2 is 2.12 bits per heavy atom. The quantitative estimate of drug-likeness (QED) is 0.709. The molecule has 17 heavy (non-hydrogen) atoms. The van der Waals surface area contributed by atoms with E-state index in [9.17, 15) is 9.90 Å². The Balaban J connectivity index is 2.01. The lowest BCUT2D eigenvalue weighted by Gasteiger charge is -2.18. The molecule has 1 saturated carbocycles. The monoisotopic (exact) mass is 243 g/mol. The topological polar surface area (TPSA) is 58.6 Å². The first-order valence-electron chi connectivity index (χ1n) is 6.39. The van der Waals surface area contributed by atoms with Gasteiger partial charge < -0.3 is 15.2 Å². The van der Waals surface area contributed by atoms with Gasteiger partial charge in [-0.05, 0) is 24.2 Å². The number of hydrogen-bond donors (Lipinski definition) is 2. The van der Waals surface area contributed by atoms with Crippen molar-refractivity contribution in [2.24, 2.45) is 11.3 Å². The summed E-state index contributed by atoms with van der Waals surface area (Å²) in [5, 5.41) is 12.3. The fourth-order valence-electron chi connectivity index (χ4n) is 1.49. The number of nitrogens with one attached hydrogen (secondary N) is 1. The van der Waals surface area contributed by atoms with Crippen molar-refractivity contribution in [3.63, 3.8) is 0 Å². The first-order chi connectivity index (χ1) is 7.87. The van der Waals surface area contributed by atoms with Gasteiger partial charge in [-0.25, -0.2) is 0 Å². The van der Waals surface area contributed by atoms with Crippen LogP contribution in [0, 0.1) is 11.3 Å². The van der Waals surface area contributed by atoms with Gasteiger partial charge in [-0.3, -0.25) is 4.79 Å². The molecule has 0 spiro atoms. The number of hydrogen-bond acceptors (Lipinski definition) is 3. The summed E-state index contributed by atoms with van der Waals surface area (Å²) in [6.45, 7) is 7.38. The first kappa shape index (κ1) is 14.5. The molecule has 0 bridgehead atoms. The minimum atomic E-state index is -0.599. The Kier molecular flexibility index (Phi) is 5.40. The van der Waals surface area contributed by atoms with Crippen LogP contribution in [0.15, 0.2) is 0 Å². The molecule has 0 aliphatic heterocycles. The number of carbonyl (C=O) groups excluding carboxylic acids is 1. The summed E-state index contributed by atoms with van der Waals surface area (Å²) in [6.07, 6.45) is 2.37. The van der Waals surface area contributed by atoms with E-state index in [2.05, 4.69) is 5.32 Å². The van der Waals surface area contributed by atoms with Gasteiger partial charge >= 0.3 is 0 Å². The fourth-order valence-corrected chi connectivity index (χ4v) is 1.49. The van der Waals surface area contributed by atoms with E-state index in [0.717, 1.165) is 6.61 Å². The molecule has 0 radical (unpaired) electrons. The van der Waals surface area contributed by atoms with E-state index in [-0.39, 0.29) is 17.9 Å². The number of amides is 1. The average molecular weight is 243 g/mol. The predicted molar refractivity (Wildman–Crippen MR) is 66.6 cm³/mol. The smallest absolute Gasteiger partial charge is 0.220 e. The van der Waals surface area contributed by atoms with Gasteiger partial charge in [-0.15, -0.1) is 0 Å². The first-order valence-corrected chi connectivity index (χ1v) is 6.39. The lowest BCUT2D eigenvalue weighted by atomic mass is 9.92. The van der Waals surface area contributed by atoms with Crippen LogP contribution in [0.3, 0.4) is 0 Å². The summed E-state index contributed by atoms with van der Waals surface area (Å²) in [5.74, 6) is 0.691. The zero-order valence-corrected chi connectivity index (χ0v) is 11.2. The van der Waals surface area contributed by atoms with Crippen molar-refractivity contribution in [1.82, 2.24) is 5.32 Å². The van der Waals surface area contributed by atoms with Gasteiger partial charge in [0.2, 0.25) is 5.91 Å². The van der Waals surface area contributed by atoms with Gasteiger partial charge in [-0.2, -0.15) is 0 Å². The van der Waals surface area contributed by atoms with E-state index < -0.39 is 6.10 Å². The maximum absolute atomic E-state index is 11.5. The van der Waals surface area contributed by atoms with Crippen molar-refractivity contribution in [3.8, 4) is 0 Å². The lowest BCUT2D eigenvalue weighted by Crippen LogP contribution is -2.36. The van der Waals surface area contributed by atoms with Crippen LogP contribution >= 0.6 is 0 Å². The van der Waals surface area contributed by atoms with Gasteiger partial charge in [0, 0.05) is 19.6 Å². The van der Waals surface area contributed by atoms with E-state index in [1.54, 1.807) is 0 Å². The minimum absolute atomic E-state index is 0.0151. The molecule has 1 aliphatic carbocycles. The van der Waals surface area contributed by atoms with E-state index in [4.69, 9.17) is 4.74 Å². The van der Waals surface area contributed by atoms with Crippen molar-refractivity contribution in [3.05, 3.63) is 0 Å². The Morgan fingerprint density at radius 3 is 2.65 bits per heavy atom. The second-order valence-electron chi connectivity index (χ2n) is 6.18. The SMILES string of the molecule is CC(C)(C)CC(=O)NCC(O)COCC1CC1. The Hall–Kier alpha value is -0.610. The molecule has 2 N–H and O–H groups in total. The maximum Gasteiger partial charge on any atom is 0.220 e. The Labute approximate surface area is 104 Å². The molecule has 1 unspecified atom stereocenters. The predicted octanol–water partition coefficient (Wildman–Crippen LogP) is 1.33. The summed E-state index contributed by atoms with van der Waals surface area (Å²) in [6, 6.07) is 0. The standard InChI is InChI=1S/C13H25NO3/c1-13(2,3)6-12(16)14-7-11(15)9-17-8-10-4-5-10/h10-11,15H,4-9H2,1-3H3,(H,14,16). The van der Waals surface area contributed by atoms with Crippen molar-refractivity contribution in [2.75, 3.05) is 19.8 Å². The highest BCUT2D eigenvalue weighted by Crippen LogP contribution is 2.28. The van der Waals surface area contributed by atoms with E-state index in [1.807, 2.05) is 20.8 Å². The van der Waals surface area contributed by atoms with Gasteiger partial charge in [0.05, 0.1) is 12.7 Å². The van der Waals surface area contributed by atoms with Crippen molar-refractivity contribution in [1.29, 1.82) is 0 Å². The van der Waals surface area contributed by atoms with Crippen LogP contribution in [0.25, 0.3) is 0 Å². The van der Waals surface area contributed by atoms with Gasteiger partial charge in [0.25, 0.3) is 0 Å². The summed E-state index contributed by atoms with van der Waals surface area (Å²) in [4.78, 5) is 11.5. The lowest BCUT2D eigenvalue weighted by molar-refractivity contribution is -0.123. The number of ether oxygens (including phenoxy) is 1. The van der Waals surface area contributed by atoms with Crippen LogP contribution in [-0.4, -0.2) is 36.9 Å². The molecule has 1 amide bonds. The molecule has 1 aliphatic rings. The van der Waals surface area contributed by atoms with Gasteiger partial charge in [-0.1, -0.05) is 20.8 Å². The average Bonchev–Trinajstić information content (AvgIpc) is 2.96. The molecule has 0 aromatic heterocycles. The maximum atomic E-state index is 11.5. The second-order valence-corrected chi connectivity index (χ2v) is 6.18. The van der Waals surface area contributed by atoms with Crippen LogP contribution in [0.1, 0.15) is 40.0 Å². The molecule has 0 aromatic rings. The third kappa shape index (κ3) is 8.16. The Bertz CT molecular complexity index is 244. The molecule has 1 rings (SSSR count). The van der Waals surface area contributed by atoms with Crippen LogP contribution < -0.4 is 5.32 Å². The third-order valence-electron chi connectivity index (χ3n) is 2.59. The van der Waals surface area contributed by atoms with Gasteiger partial charge in [0.1, 0.15) is 0 Å². The number of aliphatic hydroxyl groups excluding tert-OH is 1. The number of aliphatic hydroxyl groups is 1. The van der Waals surface area contributed by atoms with E-state index in [0.29, 0.717) is 18.9 Å². The minimum Gasteiger partial charge on any atom is -0.389 e. The second kappa shape index (κ2) is 6.36. The molecule has 100 valence electrons. The fraction of sp³-hybridized carbons (Fsp3) is 0.923.